The number of piperidine rings is 1. The van der Waals surface area contributed by atoms with Gasteiger partial charge < -0.3 is 5.32 Å². The number of halogens is 4. The van der Waals surface area contributed by atoms with Crippen molar-refractivity contribution in [3.8, 4) is 0 Å². The molecule has 1 fully saturated rings. The number of alkyl halides is 4. The van der Waals surface area contributed by atoms with E-state index >= 15 is 0 Å². The van der Waals surface area contributed by atoms with Gasteiger partial charge in [0.15, 0.2) is 0 Å². The van der Waals surface area contributed by atoms with Crippen molar-refractivity contribution in [1.82, 2.24) is 10.3 Å². The summed E-state index contributed by atoms with van der Waals surface area (Å²) in [4.78, 5) is 3.61. The first-order valence-corrected chi connectivity index (χ1v) is 5.88. The van der Waals surface area contributed by atoms with Gasteiger partial charge in [0, 0.05) is 24.0 Å². The summed E-state index contributed by atoms with van der Waals surface area (Å²) < 4.78 is 52.5. The van der Waals surface area contributed by atoms with Gasteiger partial charge in [-0.1, -0.05) is 6.42 Å². The van der Waals surface area contributed by atoms with Crippen molar-refractivity contribution in [1.29, 1.82) is 0 Å². The van der Waals surface area contributed by atoms with Crippen molar-refractivity contribution in [3.63, 3.8) is 0 Å². The summed E-state index contributed by atoms with van der Waals surface area (Å²) in [7, 11) is 0. The molecule has 18 heavy (non-hydrogen) atoms. The lowest BCUT2D eigenvalue weighted by Crippen LogP contribution is -2.38. The molecular weight excluding hydrogens is 248 g/mol. The van der Waals surface area contributed by atoms with Gasteiger partial charge in [-0.2, -0.15) is 13.2 Å². The Morgan fingerprint density at radius 2 is 2.11 bits per heavy atom. The van der Waals surface area contributed by atoms with Crippen molar-refractivity contribution in [3.05, 3.63) is 29.6 Å². The SMILES string of the molecule is FC(c1cnccc1C(F)(F)F)C1CCCCN1. The maximum absolute atomic E-state index is 14.2. The van der Waals surface area contributed by atoms with E-state index in [4.69, 9.17) is 0 Å². The Bertz CT molecular complexity index is 399. The fraction of sp³-hybridized carbons (Fsp3) is 0.583. The summed E-state index contributed by atoms with van der Waals surface area (Å²) in [6.07, 6.45) is -1.89. The molecule has 1 saturated heterocycles. The Balaban J connectivity index is 2.26. The minimum absolute atomic E-state index is 0.371. The molecule has 1 aliphatic rings. The van der Waals surface area contributed by atoms with E-state index in [0.29, 0.717) is 13.0 Å². The van der Waals surface area contributed by atoms with E-state index in [9.17, 15) is 17.6 Å². The zero-order chi connectivity index (χ0) is 13.2. The van der Waals surface area contributed by atoms with Crippen LogP contribution in [0.4, 0.5) is 17.6 Å². The largest absolute Gasteiger partial charge is 0.416 e. The highest BCUT2D eigenvalue weighted by molar-refractivity contribution is 5.29. The van der Waals surface area contributed by atoms with Gasteiger partial charge in [-0.15, -0.1) is 0 Å². The van der Waals surface area contributed by atoms with Gasteiger partial charge in [0.25, 0.3) is 0 Å². The van der Waals surface area contributed by atoms with Crippen LogP contribution in [0.5, 0.6) is 0 Å². The molecule has 1 aromatic heterocycles. The quantitative estimate of drug-likeness (QED) is 0.827. The third kappa shape index (κ3) is 2.80. The maximum Gasteiger partial charge on any atom is 0.416 e. The van der Waals surface area contributed by atoms with Gasteiger partial charge in [-0.25, -0.2) is 4.39 Å². The number of hydrogen-bond acceptors (Lipinski definition) is 2. The van der Waals surface area contributed by atoms with E-state index in [2.05, 4.69) is 10.3 Å². The van der Waals surface area contributed by atoms with Crippen LogP contribution in [0.15, 0.2) is 18.5 Å². The normalized spacial score (nSPS) is 22.8. The van der Waals surface area contributed by atoms with E-state index in [0.717, 1.165) is 31.3 Å². The summed E-state index contributed by atoms with van der Waals surface area (Å²) in [5.74, 6) is 0. The third-order valence-electron chi connectivity index (χ3n) is 3.16. The molecule has 100 valence electrons. The van der Waals surface area contributed by atoms with E-state index in [1.165, 1.54) is 0 Å². The molecule has 0 aliphatic carbocycles. The lowest BCUT2D eigenvalue weighted by Gasteiger charge is -2.27. The van der Waals surface area contributed by atoms with Crippen LogP contribution in [0.25, 0.3) is 0 Å². The predicted octanol–water partition coefficient (Wildman–Crippen LogP) is 3.25. The van der Waals surface area contributed by atoms with Crippen LogP contribution >= 0.6 is 0 Å². The molecule has 0 amide bonds. The monoisotopic (exact) mass is 262 g/mol. The lowest BCUT2D eigenvalue weighted by molar-refractivity contribution is -0.139. The second kappa shape index (κ2) is 5.22. The minimum Gasteiger partial charge on any atom is -0.311 e. The van der Waals surface area contributed by atoms with Crippen molar-refractivity contribution in [2.45, 2.75) is 37.7 Å². The maximum atomic E-state index is 14.2. The molecule has 1 N–H and O–H groups in total. The molecule has 0 saturated carbocycles. The van der Waals surface area contributed by atoms with Gasteiger partial charge in [-0.05, 0) is 25.5 Å². The van der Waals surface area contributed by atoms with Gasteiger partial charge in [-0.3, -0.25) is 4.98 Å². The molecule has 2 rings (SSSR count). The minimum atomic E-state index is -4.54. The molecule has 0 bridgehead atoms. The summed E-state index contributed by atoms with van der Waals surface area (Å²) in [6, 6.07) is 0.272. The molecule has 0 spiro atoms. The topological polar surface area (TPSA) is 24.9 Å². The summed E-state index contributed by atoms with van der Waals surface area (Å²) >= 11 is 0. The molecule has 2 unspecified atom stereocenters. The molecule has 1 aliphatic heterocycles. The Hall–Kier alpha value is -1.17. The first-order chi connectivity index (χ1) is 8.50. The Labute approximate surface area is 102 Å². The highest BCUT2D eigenvalue weighted by Crippen LogP contribution is 2.37. The number of aromatic nitrogens is 1. The van der Waals surface area contributed by atoms with Gasteiger partial charge >= 0.3 is 6.18 Å². The number of hydrogen-bond donors (Lipinski definition) is 1. The first-order valence-electron chi connectivity index (χ1n) is 5.88. The van der Waals surface area contributed by atoms with E-state index < -0.39 is 24.0 Å². The summed E-state index contributed by atoms with van der Waals surface area (Å²) in [5, 5.41) is 2.93. The molecule has 2 atom stereocenters. The highest BCUT2D eigenvalue weighted by atomic mass is 19.4. The molecule has 0 aromatic carbocycles. The number of nitrogens with zero attached hydrogens (tertiary/aromatic N) is 1. The van der Waals surface area contributed by atoms with Gasteiger partial charge in [0.2, 0.25) is 0 Å². The van der Waals surface area contributed by atoms with Crippen LogP contribution in [0.1, 0.15) is 36.6 Å². The lowest BCUT2D eigenvalue weighted by atomic mass is 9.94. The van der Waals surface area contributed by atoms with Crippen LogP contribution in [0.2, 0.25) is 0 Å². The van der Waals surface area contributed by atoms with E-state index in [1.807, 2.05) is 0 Å². The van der Waals surface area contributed by atoms with E-state index in [-0.39, 0.29) is 5.56 Å². The average Bonchev–Trinajstić information content (AvgIpc) is 2.38. The second-order valence-electron chi connectivity index (χ2n) is 4.42. The molecule has 2 nitrogen and oxygen atoms in total. The number of nitrogens with one attached hydrogen (secondary N) is 1. The Morgan fingerprint density at radius 3 is 2.72 bits per heavy atom. The molecule has 2 heterocycles. The van der Waals surface area contributed by atoms with Crippen molar-refractivity contribution < 1.29 is 17.6 Å². The third-order valence-corrected chi connectivity index (χ3v) is 3.16. The van der Waals surface area contributed by atoms with Crippen molar-refractivity contribution >= 4 is 0 Å². The van der Waals surface area contributed by atoms with Crippen LogP contribution in [0, 0.1) is 0 Å². The van der Waals surface area contributed by atoms with Crippen LogP contribution in [-0.2, 0) is 6.18 Å². The second-order valence-corrected chi connectivity index (χ2v) is 4.42. The molecule has 6 heteroatoms. The average molecular weight is 262 g/mol. The zero-order valence-corrected chi connectivity index (χ0v) is 9.67. The van der Waals surface area contributed by atoms with Crippen LogP contribution in [-0.4, -0.2) is 17.6 Å². The molecule has 1 aromatic rings. The van der Waals surface area contributed by atoms with Crippen molar-refractivity contribution in [2.24, 2.45) is 0 Å². The van der Waals surface area contributed by atoms with Gasteiger partial charge in [0.1, 0.15) is 6.17 Å². The summed E-state index contributed by atoms with van der Waals surface area (Å²) in [6.45, 7) is 0.646. The van der Waals surface area contributed by atoms with E-state index in [1.54, 1.807) is 0 Å². The predicted molar refractivity (Wildman–Crippen MR) is 58.7 cm³/mol. The fourth-order valence-electron chi connectivity index (χ4n) is 2.23. The Kier molecular flexibility index (Phi) is 3.85. The van der Waals surface area contributed by atoms with Crippen LogP contribution in [0.3, 0.4) is 0 Å². The Morgan fingerprint density at radius 1 is 1.33 bits per heavy atom. The standard InChI is InChI=1S/C12H14F4N2/c13-11(10-3-1-2-5-18-10)8-7-17-6-4-9(8)12(14,15)16/h4,6-7,10-11,18H,1-3,5H2. The van der Waals surface area contributed by atoms with Crippen LogP contribution < -0.4 is 5.32 Å². The highest BCUT2D eigenvalue weighted by Gasteiger charge is 2.37. The zero-order valence-electron chi connectivity index (χ0n) is 9.67. The van der Waals surface area contributed by atoms with Gasteiger partial charge in [0.05, 0.1) is 5.56 Å². The van der Waals surface area contributed by atoms with Crippen molar-refractivity contribution in [2.75, 3.05) is 6.54 Å². The first kappa shape index (κ1) is 13.3. The molecular formula is C12H14F4N2. The molecule has 0 radical (unpaired) electrons. The smallest absolute Gasteiger partial charge is 0.311 e. The summed E-state index contributed by atoms with van der Waals surface area (Å²) in [5.41, 5.74) is -1.30. The fourth-order valence-corrected chi connectivity index (χ4v) is 2.23. The number of pyridine rings is 1. The number of rotatable bonds is 2.